The molecule has 8 heteroatoms. The van der Waals surface area contributed by atoms with Gasteiger partial charge in [0, 0.05) is 25.2 Å². The van der Waals surface area contributed by atoms with E-state index in [-0.39, 0.29) is 12.7 Å². The van der Waals surface area contributed by atoms with E-state index in [0.717, 1.165) is 43.5 Å². The number of piperidine rings is 1. The largest absolute Gasteiger partial charge is 0.454 e. The lowest BCUT2D eigenvalue weighted by molar-refractivity contribution is 0.0930. The monoisotopic (exact) mass is 410 g/mol. The molecule has 7 nitrogen and oxygen atoms in total. The molecular formula is C21H22N4O3S. The zero-order valence-corrected chi connectivity index (χ0v) is 16.8. The van der Waals surface area contributed by atoms with Gasteiger partial charge in [0.05, 0.1) is 11.7 Å². The van der Waals surface area contributed by atoms with Crippen molar-refractivity contribution in [2.24, 2.45) is 5.92 Å². The summed E-state index contributed by atoms with van der Waals surface area (Å²) in [5, 5.41) is 3.09. The zero-order chi connectivity index (χ0) is 19.6. The molecule has 3 aromatic rings. The Labute approximate surface area is 173 Å². The summed E-state index contributed by atoms with van der Waals surface area (Å²) in [6.07, 6.45) is 2.28. The molecule has 0 radical (unpaired) electrons. The van der Waals surface area contributed by atoms with E-state index in [4.69, 9.17) is 9.47 Å². The Morgan fingerprint density at radius 2 is 2.03 bits per heavy atom. The van der Waals surface area contributed by atoms with Crippen LogP contribution < -0.4 is 14.8 Å². The molecule has 0 spiro atoms. The highest BCUT2D eigenvalue weighted by Crippen LogP contribution is 2.32. The second kappa shape index (κ2) is 7.96. The van der Waals surface area contributed by atoms with Crippen LogP contribution in [0.15, 0.2) is 36.4 Å². The molecule has 1 N–H and O–H groups in total. The van der Waals surface area contributed by atoms with Crippen molar-refractivity contribution in [3.8, 4) is 11.5 Å². The number of amides is 1. The van der Waals surface area contributed by atoms with E-state index < -0.39 is 0 Å². The summed E-state index contributed by atoms with van der Waals surface area (Å²) in [5.41, 5.74) is 3.79. The minimum atomic E-state index is -0.0677. The molecule has 150 valence electrons. The molecule has 2 aromatic carbocycles. The predicted octanol–water partition coefficient (Wildman–Crippen LogP) is 3.06. The third kappa shape index (κ3) is 4.04. The van der Waals surface area contributed by atoms with Crippen molar-refractivity contribution in [2.75, 3.05) is 26.4 Å². The van der Waals surface area contributed by atoms with Crippen LogP contribution in [0.25, 0.3) is 11.0 Å². The average Bonchev–Trinajstić information content (AvgIpc) is 3.40. The number of hydrogen-bond acceptors (Lipinski definition) is 7. The van der Waals surface area contributed by atoms with Crippen molar-refractivity contribution < 1.29 is 14.3 Å². The van der Waals surface area contributed by atoms with Gasteiger partial charge < -0.3 is 14.8 Å². The quantitative estimate of drug-likeness (QED) is 0.697. The second-order valence-corrected chi connectivity index (χ2v) is 8.14. The molecule has 0 aliphatic carbocycles. The van der Waals surface area contributed by atoms with Gasteiger partial charge in [-0.1, -0.05) is 6.07 Å². The van der Waals surface area contributed by atoms with Gasteiger partial charge in [0.15, 0.2) is 11.5 Å². The van der Waals surface area contributed by atoms with Crippen LogP contribution in [0.3, 0.4) is 0 Å². The zero-order valence-electron chi connectivity index (χ0n) is 16.0. The van der Waals surface area contributed by atoms with Gasteiger partial charge >= 0.3 is 0 Å². The van der Waals surface area contributed by atoms with Gasteiger partial charge in [0.25, 0.3) is 5.91 Å². The van der Waals surface area contributed by atoms with E-state index in [0.29, 0.717) is 29.5 Å². The first kappa shape index (κ1) is 18.3. The highest BCUT2D eigenvalue weighted by molar-refractivity contribution is 7.00. The second-order valence-electron chi connectivity index (χ2n) is 7.61. The smallest absolute Gasteiger partial charge is 0.251 e. The highest BCUT2D eigenvalue weighted by Gasteiger charge is 2.22. The first-order chi connectivity index (χ1) is 14.2. The predicted molar refractivity (Wildman–Crippen MR) is 110 cm³/mol. The van der Waals surface area contributed by atoms with E-state index in [2.05, 4.69) is 31.1 Å². The first-order valence-electron chi connectivity index (χ1n) is 9.86. The third-order valence-corrected chi connectivity index (χ3v) is 6.07. The number of fused-ring (bicyclic) bond motifs is 2. The molecule has 1 atom stereocenters. The number of ether oxygens (including phenoxy) is 2. The van der Waals surface area contributed by atoms with Crippen molar-refractivity contribution >= 4 is 28.7 Å². The molecule has 0 saturated carbocycles. The Bertz CT molecular complexity index is 1040. The van der Waals surface area contributed by atoms with Crippen LogP contribution in [0.5, 0.6) is 11.5 Å². The molecule has 2 aliphatic rings. The van der Waals surface area contributed by atoms with E-state index in [9.17, 15) is 4.79 Å². The lowest BCUT2D eigenvalue weighted by Crippen LogP contribution is -2.40. The van der Waals surface area contributed by atoms with Crippen LogP contribution in [0.2, 0.25) is 0 Å². The Morgan fingerprint density at radius 1 is 1.14 bits per heavy atom. The molecule has 2 aliphatic heterocycles. The van der Waals surface area contributed by atoms with E-state index in [1.54, 1.807) is 18.2 Å². The molecule has 0 bridgehead atoms. The van der Waals surface area contributed by atoms with E-state index >= 15 is 0 Å². The number of likely N-dealkylation sites (tertiary alicyclic amines) is 1. The summed E-state index contributed by atoms with van der Waals surface area (Å²) >= 11 is 1.25. The molecule has 1 fully saturated rings. The molecule has 5 rings (SSSR count). The minimum absolute atomic E-state index is 0.0677. The summed E-state index contributed by atoms with van der Waals surface area (Å²) in [5.74, 6) is 1.71. The van der Waals surface area contributed by atoms with Gasteiger partial charge in [-0.3, -0.25) is 9.69 Å². The van der Waals surface area contributed by atoms with Crippen LogP contribution in [-0.4, -0.2) is 46.0 Å². The summed E-state index contributed by atoms with van der Waals surface area (Å²) in [7, 11) is 0. The number of carbonyl (C=O) groups excluding carboxylic acids is 1. The molecule has 1 saturated heterocycles. The number of benzene rings is 2. The van der Waals surface area contributed by atoms with Crippen molar-refractivity contribution in [1.82, 2.24) is 19.0 Å². The lowest BCUT2D eigenvalue weighted by atomic mass is 9.97. The minimum Gasteiger partial charge on any atom is -0.454 e. The Balaban J connectivity index is 1.16. The molecular weight excluding hydrogens is 388 g/mol. The molecule has 3 heterocycles. The fourth-order valence-electron chi connectivity index (χ4n) is 4.02. The maximum atomic E-state index is 12.5. The Kier molecular flexibility index (Phi) is 5.03. The van der Waals surface area contributed by atoms with Crippen molar-refractivity contribution in [2.45, 2.75) is 19.4 Å². The van der Waals surface area contributed by atoms with E-state index in [1.165, 1.54) is 17.3 Å². The SMILES string of the molecule is O=C(NCC1CCCN(Cc2ccc3nsnc3c2)C1)c1ccc2c(c1)OCO2. The first-order valence-corrected chi connectivity index (χ1v) is 10.6. The van der Waals surface area contributed by atoms with Gasteiger partial charge in [0.2, 0.25) is 6.79 Å². The van der Waals surface area contributed by atoms with E-state index in [1.807, 2.05) is 6.07 Å². The average molecular weight is 410 g/mol. The molecule has 1 unspecified atom stereocenters. The highest BCUT2D eigenvalue weighted by atomic mass is 32.1. The van der Waals surface area contributed by atoms with Gasteiger partial charge in [-0.15, -0.1) is 0 Å². The number of aromatic nitrogens is 2. The number of rotatable bonds is 5. The summed E-state index contributed by atoms with van der Waals surface area (Å²) < 4.78 is 19.3. The summed E-state index contributed by atoms with van der Waals surface area (Å²) in [6.45, 7) is 3.86. The normalized spacial score (nSPS) is 18.8. The standard InChI is InChI=1S/C21H22N4O3S/c26-21(16-4-6-19-20(9-16)28-13-27-19)22-10-15-2-1-7-25(12-15)11-14-3-5-17-18(8-14)24-29-23-17/h3-6,8-9,15H,1-2,7,10-13H2,(H,22,26). The fraction of sp³-hybridized carbons (Fsp3) is 0.381. The number of carbonyl (C=O) groups is 1. The van der Waals surface area contributed by atoms with Crippen LogP contribution in [0.4, 0.5) is 0 Å². The molecule has 29 heavy (non-hydrogen) atoms. The maximum Gasteiger partial charge on any atom is 0.251 e. The third-order valence-electron chi connectivity index (χ3n) is 5.51. The van der Waals surface area contributed by atoms with Gasteiger partial charge in [-0.2, -0.15) is 8.75 Å². The summed E-state index contributed by atoms with van der Waals surface area (Å²) in [4.78, 5) is 15.0. The van der Waals surface area contributed by atoms with Crippen LogP contribution >= 0.6 is 11.7 Å². The van der Waals surface area contributed by atoms with Crippen molar-refractivity contribution in [3.63, 3.8) is 0 Å². The fourth-order valence-corrected chi connectivity index (χ4v) is 4.54. The summed E-state index contributed by atoms with van der Waals surface area (Å²) in [6, 6.07) is 11.6. The maximum absolute atomic E-state index is 12.5. The topological polar surface area (TPSA) is 76.6 Å². The van der Waals surface area contributed by atoms with Crippen molar-refractivity contribution in [3.05, 3.63) is 47.5 Å². The number of nitrogens with zero attached hydrogens (tertiary/aromatic N) is 3. The number of hydrogen-bond donors (Lipinski definition) is 1. The van der Waals surface area contributed by atoms with Crippen molar-refractivity contribution in [1.29, 1.82) is 0 Å². The van der Waals surface area contributed by atoms with Gasteiger partial charge in [-0.25, -0.2) is 0 Å². The number of nitrogens with one attached hydrogen (secondary N) is 1. The van der Waals surface area contributed by atoms with Crippen LogP contribution in [-0.2, 0) is 6.54 Å². The van der Waals surface area contributed by atoms with Crippen LogP contribution in [0, 0.1) is 5.92 Å². The Morgan fingerprint density at radius 3 is 3.00 bits per heavy atom. The Hall–Kier alpha value is -2.71. The van der Waals surface area contributed by atoms with Crippen LogP contribution in [0.1, 0.15) is 28.8 Å². The molecule has 1 amide bonds. The molecule has 1 aromatic heterocycles. The lowest BCUT2D eigenvalue weighted by Gasteiger charge is -2.32. The van der Waals surface area contributed by atoms with Gasteiger partial charge in [-0.05, 0) is 61.2 Å². The van der Waals surface area contributed by atoms with Gasteiger partial charge in [0.1, 0.15) is 11.0 Å².